The Morgan fingerprint density at radius 1 is 1.60 bits per heavy atom. The normalized spacial score (nSPS) is 24.1. The molecular formula is C12H24N2O. The fourth-order valence-corrected chi connectivity index (χ4v) is 2.12. The largest absolute Gasteiger partial charge is 0.315 e. The minimum atomic E-state index is 0.225. The van der Waals surface area contributed by atoms with Crippen molar-refractivity contribution in [2.24, 2.45) is 5.92 Å². The molecule has 0 spiro atoms. The van der Waals surface area contributed by atoms with Crippen LogP contribution in [0.3, 0.4) is 0 Å². The third-order valence-electron chi connectivity index (χ3n) is 3.30. The topological polar surface area (TPSA) is 32.3 Å². The van der Waals surface area contributed by atoms with Gasteiger partial charge in [0.05, 0.1) is 0 Å². The number of rotatable bonds is 6. The Hall–Kier alpha value is -0.410. The first-order valence-electron chi connectivity index (χ1n) is 6.10. The van der Waals surface area contributed by atoms with Crippen LogP contribution in [0.15, 0.2) is 0 Å². The van der Waals surface area contributed by atoms with Crippen LogP contribution in [0.5, 0.6) is 0 Å². The number of piperidine rings is 1. The predicted molar refractivity (Wildman–Crippen MR) is 63.0 cm³/mol. The quantitative estimate of drug-likeness (QED) is 0.673. The number of likely N-dealkylation sites (N-methyl/N-ethyl adjacent to an activating group) is 1. The van der Waals surface area contributed by atoms with E-state index in [2.05, 4.69) is 17.3 Å². The lowest BCUT2D eigenvalue weighted by Gasteiger charge is -2.31. The molecule has 1 heterocycles. The second-order valence-electron chi connectivity index (χ2n) is 4.74. The van der Waals surface area contributed by atoms with Gasteiger partial charge in [-0.3, -0.25) is 0 Å². The van der Waals surface area contributed by atoms with Crippen LogP contribution in [0.4, 0.5) is 0 Å². The molecule has 15 heavy (non-hydrogen) atoms. The number of nitrogens with zero attached hydrogens (tertiary/aromatic N) is 1. The zero-order chi connectivity index (χ0) is 11.1. The summed E-state index contributed by atoms with van der Waals surface area (Å²) in [6.45, 7) is 5.41. The van der Waals surface area contributed by atoms with Crippen LogP contribution >= 0.6 is 0 Å². The van der Waals surface area contributed by atoms with E-state index in [0.29, 0.717) is 6.04 Å². The van der Waals surface area contributed by atoms with Crippen molar-refractivity contribution in [2.45, 2.75) is 38.6 Å². The van der Waals surface area contributed by atoms with Gasteiger partial charge in [-0.05, 0) is 45.8 Å². The Bertz CT molecular complexity index is 178. The van der Waals surface area contributed by atoms with E-state index in [4.69, 9.17) is 0 Å². The van der Waals surface area contributed by atoms with Crippen molar-refractivity contribution in [3.8, 4) is 0 Å². The molecule has 88 valence electrons. The lowest BCUT2D eigenvalue weighted by Crippen LogP contribution is -2.44. The molecular weight excluding hydrogens is 188 g/mol. The molecule has 2 unspecified atom stereocenters. The lowest BCUT2D eigenvalue weighted by atomic mass is 10.0. The second kappa shape index (κ2) is 6.96. The molecule has 0 aromatic rings. The van der Waals surface area contributed by atoms with Gasteiger partial charge in [-0.25, -0.2) is 0 Å². The summed E-state index contributed by atoms with van der Waals surface area (Å²) in [5.74, 6) is 0.225. The molecule has 2 atom stereocenters. The number of carbonyl (C=O) groups excluding carboxylic acids is 1. The summed E-state index contributed by atoms with van der Waals surface area (Å²) in [7, 11) is 2.20. The predicted octanol–water partition coefficient (Wildman–Crippen LogP) is 1.29. The molecule has 1 aliphatic heterocycles. The Labute approximate surface area is 93.2 Å². The van der Waals surface area contributed by atoms with Gasteiger partial charge in [0.15, 0.2) is 0 Å². The minimum absolute atomic E-state index is 0.225. The third-order valence-corrected chi connectivity index (χ3v) is 3.30. The summed E-state index contributed by atoms with van der Waals surface area (Å²) in [6, 6.07) is 0.699. The third kappa shape index (κ3) is 4.76. The standard InChI is InChI=1S/C12H24N2O/c1-11(10-15)5-4-8-14(2)12-6-3-7-13-9-12/h10-13H,3-9H2,1-2H3. The monoisotopic (exact) mass is 212 g/mol. The summed E-state index contributed by atoms with van der Waals surface area (Å²) >= 11 is 0. The van der Waals surface area contributed by atoms with Crippen LogP contribution in [0.1, 0.15) is 32.6 Å². The van der Waals surface area contributed by atoms with Crippen molar-refractivity contribution in [1.29, 1.82) is 0 Å². The fourth-order valence-electron chi connectivity index (χ4n) is 2.12. The maximum absolute atomic E-state index is 10.5. The van der Waals surface area contributed by atoms with E-state index in [1.165, 1.54) is 19.4 Å². The van der Waals surface area contributed by atoms with Gasteiger partial charge in [0.2, 0.25) is 0 Å². The van der Waals surface area contributed by atoms with Gasteiger partial charge in [-0.2, -0.15) is 0 Å². The fraction of sp³-hybridized carbons (Fsp3) is 0.917. The van der Waals surface area contributed by atoms with Crippen molar-refractivity contribution in [3.63, 3.8) is 0 Å². The number of nitrogens with one attached hydrogen (secondary N) is 1. The second-order valence-corrected chi connectivity index (χ2v) is 4.74. The Kier molecular flexibility index (Phi) is 5.88. The Morgan fingerprint density at radius 2 is 2.40 bits per heavy atom. The molecule has 0 aromatic heterocycles. The van der Waals surface area contributed by atoms with Crippen molar-refractivity contribution >= 4 is 6.29 Å². The highest BCUT2D eigenvalue weighted by Crippen LogP contribution is 2.10. The summed E-state index contributed by atoms with van der Waals surface area (Å²) in [6.07, 6.45) is 5.82. The summed E-state index contributed by atoms with van der Waals surface area (Å²) in [4.78, 5) is 12.9. The van der Waals surface area contributed by atoms with Crippen LogP contribution in [0.25, 0.3) is 0 Å². The average Bonchev–Trinajstić information content (AvgIpc) is 2.29. The number of hydrogen-bond acceptors (Lipinski definition) is 3. The van der Waals surface area contributed by atoms with Crippen LogP contribution in [-0.2, 0) is 4.79 Å². The van der Waals surface area contributed by atoms with Crippen molar-refractivity contribution in [2.75, 3.05) is 26.7 Å². The zero-order valence-electron chi connectivity index (χ0n) is 10.0. The van der Waals surface area contributed by atoms with Crippen molar-refractivity contribution in [1.82, 2.24) is 10.2 Å². The van der Waals surface area contributed by atoms with Crippen LogP contribution < -0.4 is 5.32 Å². The Morgan fingerprint density at radius 3 is 3.00 bits per heavy atom. The van der Waals surface area contributed by atoms with Crippen molar-refractivity contribution in [3.05, 3.63) is 0 Å². The maximum atomic E-state index is 10.5. The van der Waals surface area contributed by atoms with Gasteiger partial charge in [0, 0.05) is 18.5 Å². The molecule has 3 nitrogen and oxygen atoms in total. The van der Waals surface area contributed by atoms with E-state index < -0.39 is 0 Å². The minimum Gasteiger partial charge on any atom is -0.315 e. The van der Waals surface area contributed by atoms with E-state index in [-0.39, 0.29) is 5.92 Å². The molecule has 1 saturated heterocycles. The molecule has 0 radical (unpaired) electrons. The van der Waals surface area contributed by atoms with Crippen LogP contribution in [-0.4, -0.2) is 43.9 Å². The SMILES string of the molecule is CC(C=O)CCCN(C)C1CCCNC1. The highest BCUT2D eigenvalue weighted by molar-refractivity contribution is 5.52. The number of carbonyl (C=O) groups is 1. The highest BCUT2D eigenvalue weighted by Gasteiger charge is 2.16. The van der Waals surface area contributed by atoms with Crippen LogP contribution in [0.2, 0.25) is 0 Å². The molecule has 0 aromatic carbocycles. The first kappa shape index (κ1) is 12.7. The van der Waals surface area contributed by atoms with Gasteiger partial charge in [-0.1, -0.05) is 6.92 Å². The molecule has 0 saturated carbocycles. The van der Waals surface area contributed by atoms with Gasteiger partial charge in [-0.15, -0.1) is 0 Å². The maximum Gasteiger partial charge on any atom is 0.122 e. The van der Waals surface area contributed by atoms with E-state index in [1.807, 2.05) is 6.92 Å². The van der Waals surface area contributed by atoms with E-state index in [1.54, 1.807) is 0 Å². The summed E-state index contributed by atoms with van der Waals surface area (Å²) < 4.78 is 0. The lowest BCUT2D eigenvalue weighted by molar-refractivity contribution is -0.110. The van der Waals surface area contributed by atoms with Gasteiger partial charge >= 0.3 is 0 Å². The average molecular weight is 212 g/mol. The van der Waals surface area contributed by atoms with Crippen molar-refractivity contribution < 1.29 is 4.79 Å². The van der Waals surface area contributed by atoms with Gasteiger partial charge in [0.1, 0.15) is 6.29 Å². The highest BCUT2D eigenvalue weighted by atomic mass is 16.1. The number of hydrogen-bond donors (Lipinski definition) is 1. The Balaban J connectivity index is 2.11. The van der Waals surface area contributed by atoms with Gasteiger partial charge in [0.25, 0.3) is 0 Å². The van der Waals surface area contributed by atoms with Crippen LogP contribution in [0, 0.1) is 5.92 Å². The summed E-state index contributed by atoms with van der Waals surface area (Å²) in [5.41, 5.74) is 0. The summed E-state index contributed by atoms with van der Waals surface area (Å²) in [5, 5.41) is 3.43. The molecule has 3 heteroatoms. The zero-order valence-corrected chi connectivity index (χ0v) is 10.0. The van der Waals surface area contributed by atoms with Gasteiger partial charge < -0.3 is 15.0 Å². The smallest absolute Gasteiger partial charge is 0.122 e. The molecule has 1 aliphatic rings. The van der Waals surface area contributed by atoms with E-state index in [9.17, 15) is 4.79 Å². The van der Waals surface area contributed by atoms with E-state index in [0.717, 1.165) is 32.2 Å². The first-order chi connectivity index (χ1) is 7.24. The number of aldehydes is 1. The molecule has 1 N–H and O–H groups in total. The molecule has 0 bridgehead atoms. The molecule has 1 rings (SSSR count). The first-order valence-corrected chi connectivity index (χ1v) is 6.10. The molecule has 0 amide bonds. The van der Waals surface area contributed by atoms with E-state index >= 15 is 0 Å². The molecule has 1 fully saturated rings. The molecule has 0 aliphatic carbocycles.